The zero-order valence-electron chi connectivity index (χ0n) is 17.2. The normalized spacial score (nSPS) is 12.2. The van der Waals surface area contributed by atoms with Gasteiger partial charge in [0.05, 0.1) is 0 Å². The minimum Gasteiger partial charge on any atom is -0.135 e. The molecule has 0 nitrogen and oxygen atoms in total. The van der Waals surface area contributed by atoms with Gasteiger partial charge in [0.25, 0.3) is 0 Å². The lowest BCUT2D eigenvalue weighted by molar-refractivity contribution is 1.29. The summed E-state index contributed by atoms with van der Waals surface area (Å²) in [6.07, 6.45) is 1.04. The fraction of sp³-hybridized carbons (Fsp3) is 0.103. The lowest BCUT2D eigenvalue weighted by atomic mass is 9.99. The molecule has 1 aliphatic carbocycles. The molecular weight excluding hydrogens is 380 g/mol. The molecule has 0 bridgehead atoms. The summed E-state index contributed by atoms with van der Waals surface area (Å²) in [5.74, 6) is 0. The van der Waals surface area contributed by atoms with E-state index in [0.29, 0.717) is 0 Å². The maximum atomic E-state index is 2.39. The van der Waals surface area contributed by atoms with Crippen LogP contribution < -0.4 is 0 Å². The van der Waals surface area contributed by atoms with E-state index >= 15 is 0 Å². The number of hydrogen-bond acceptors (Lipinski definition) is 1. The van der Waals surface area contributed by atoms with Gasteiger partial charge >= 0.3 is 0 Å². The van der Waals surface area contributed by atoms with Gasteiger partial charge in [-0.15, -0.1) is 11.3 Å². The van der Waals surface area contributed by atoms with Crippen LogP contribution in [-0.2, 0) is 6.42 Å². The second-order valence-electron chi connectivity index (χ2n) is 8.40. The van der Waals surface area contributed by atoms with Crippen LogP contribution in [0.2, 0.25) is 0 Å². The molecule has 4 aromatic carbocycles. The van der Waals surface area contributed by atoms with Gasteiger partial charge in [0.15, 0.2) is 0 Å². The number of fused-ring (bicyclic) bond motifs is 5. The zero-order chi connectivity index (χ0) is 20.2. The van der Waals surface area contributed by atoms with Crippen LogP contribution in [0.5, 0.6) is 0 Å². The van der Waals surface area contributed by atoms with Crippen molar-refractivity contribution in [3.63, 3.8) is 0 Å². The van der Waals surface area contributed by atoms with Crippen LogP contribution in [0.15, 0.2) is 84.9 Å². The third-order valence-corrected chi connectivity index (χ3v) is 7.51. The molecule has 0 saturated heterocycles. The van der Waals surface area contributed by atoms with E-state index in [0.717, 1.165) is 6.42 Å². The van der Waals surface area contributed by atoms with Gasteiger partial charge in [-0.05, 0) is 64.2 Å². The largest absolute Gasteiger partial charge is 0.135 e. The van der Waals surface area contributed by atoms with Crippen LogP contribution in [0.1, 0.15) is 22.3 Å². The van der Waals surface area contributed by atoms with Crippen molar-refractivity contribution in [1.29, 1.82) is 0 Å². The van der Waals surface area contributed by atoms with Crippen molar-refractivity contribution >= 4 is 21.4 Å². The third-order valence-electron chi connectivity index (χ3n) is 6.28. The molecule has 0 unspecified atom stereocenters. The lowest BCUT2D eigenvalue weighted by Crippen LogP contribution is -1.85. The Morgan fingerprint density at radius 1 is 0.600 bits per heavy atom. The standard InChI is InChI=1S/C29H22S/c1-18-3-7-20(8-4-18)22-11-13-25-24(15-22)16-27-26-14-12-23(17-28(26)30-29(25)27)21-9-5-19(2)6-10-21/h3-15,17H,16H2,1-2H3. The van der Waals surface area contributed by atoms with E-state index in [-0.39, 0.29) is 0 Å². The van der Waals surface area contributed by atoms with Crippen LogP contribution in [0.4, 0.5) is 0 Å². The fourth-order valence-electron chi connectivity index (χ4n) is 4.55. The molecular formula is C29H22S. The van der Waals surface area contributed by atoms with Gasteiger partial charge in [0, 0.05) is 16.0 Å². The molecule has 0 amide bonds. The zero-order valence-corrected chi connectivity index (χ0v) is 18.0. The van der Waals surface area contributed by atoms with Crippen LogP contribution >= 0.6 is 11.3 Å². The predicted octanol–water partition coefficient (Wildman–Crippen LogP) is 8.42. The fourth-order valence-corrected chi connectivity index (χ4v) is 5.87. The van der Waals surface area contributed by atoms with Gasteiger partial charge in [-0.2, -0.15) is 0 Å². The summed E-state index contributed by atoms with van der Waals surface area (Å²) >= 11 is 1.94. The highest BCUT2D eigenvalue weighted by atomic mass is 32.1. The lowest BCUT2D eigenvalue weighted by Gasteiger charge is -2.07. The molecule has 30 heavy (non-hydrogen) atoms. The maximum Gasteiger partial charge on any atom is 0.0393 e. The number of hydrogen-bond donors (Lipinski definition) is 0. The Morgan fingerprint density at radius 3 is 1.83 bits per heavy atom. The summed E-state index contributed by atoms with van der Waals surface area (Å²) in [4.78, 5) is 1.46. The van der Waals surface area contributed by atoms with Crippen LogP contribution in [0.3, 0.4) is 0 Å². The van der Waals surface area contributed by atoms with Crippen molar-refractivity contribution < 1.29 is 0 Å². The second-order valence-corrected chi connectivity index (χ2v) is 9.45. The molecule has 0 aliphatic heterocycles. The topological polar surface area (TPSA) is 0 Å². The summed E-state index contributed by atoms with van der Waals surface area (Å²) in [6, 6.07) is 31.6. The first-order valence-corrected chi connectivity index (χ1v) is 11.3. The molecule has 0 atom stereocenters. The smallest absolute Gasteiger partial charge is 0.0393 e. The Balaban J connectivity index is 1.41. The predicted molar refractivity (Wildman–Crippen MR) is 130 cm³/mol. The molecule has 6 rings (SSSR count). The van der Waals surface area contributed by atoms with E-state index in [1.807, 2.05) is 11.3 Å². The van der Waals surface area contributed by atoms with Crippen LogP contribution in [0.25, 0.3) is 42.8 Å². The number of thiophene rings is 1. The van der Waals surface area contributed by atoms with E-state index in [1.54, 1.807) is 0 Å². The highest BCUT2D eigenvalue weighted by Crippen LogP contribution is 2.48. The van der Waals surface area contributed by atoms with Crippen LogP contribution in [-0.4, -0.2) is 0 Å². The van der Waals surface area contributed by atoms with Crippen LogP contribution in [0, 0.1) is 13.8 Å². The van der Waals surface area contributed by atoms with E-state index in [2.05, 4.69) is 98.8 Å². The number of rotatable bonds is 2. The number of aryl methyl sites for hydroxylation is 2. The third kappa shape index (κ3) is 2.81. The molecule has 1 aromatic heterocycles. The van der Waals surface area contributed by atoms with Gasteiger partial charge in [-0.1, -0.05) is 90.0 Å². The first-order valence-electron chi connectivity index (χ1n) is 10.5. The minimum atomic E-state index is 1.04. The van der Waals surface area contributed by atoms with Gasteiger partial charge < -0.3 is 0 Å². The quantitative estimate of drug-likeness (QED) is 0.273. The molecule has 144 valence electrons. The monoisotopic (exact) mass is 402 g/mol. The summed E-state index contributed by atoms with van der Waals surface area (Å²) in [5.41, 5.74) is 12.2. The van der Waals surface area contributed by atoms with Crippen molar-refractivity contribution in [2.75, 3.05) is 0 Å². The van der Waals surface area contributed by atoms with E-state index in [9.17, 15) is 0 Å². The van der Waals surface area contributed by atoms with Gasteiger partial charge in [-0.3, -0.25) is 0 Å². The average molecular weight is 403 g/mol. The van der Waals surface area contributed by atoms with Crippen molar-refractivity contribution in [2.45, 2.75) is 20.3 Å². The highest BCUT2D eigenvalue weighted by molar-refractivity contribution is 7.22. The van der Waals surface area contributed by atoms with Gasteiger partial charge in [0.1, 0.15) is 0 Å². The Morgan fingerprint density at radius 2 is 1.17 bits per heavy atom. The molecule has 0 radical (unpaired) electrons. The summed E-state index contributed by atoms with van der Waals surface area (Å²) in [7, 11) is 0. The molecule has 1 heterocycles. The van der Waals surface area contributed by atoms with Crippen molar-refractivity contribution in [1.82, 2.24) is 0 Å². The van der Waals surface area contributed by atoms with E-state index < -0.39 is 0 Å². The molecule has 1 heteroatoms. The molecule has 1 aliphatic rings. The second kappa shape index (κ2) is 6.68. The molecule has 0 N–H and O–H groups in total. The Kier molecular flexibility index (Phi) is 3.94. The van der Waals surface area contributed by atoms with E-state index in [4.69, 9.17) is 0 Å². The highest BCUT2D eigenvalue weighted by Gasteiger charge is 2.24. The average Bonchev–Trinajstić information content (AvgIpc) is 3.29. The van der Waals surface area contributed by atoms with Crippen molar-refractivity contribution in [2.24, 2.45) is 0 Å². The maximum absolute atomic E-state index is 2.39. The molecule has 0 saturated carbocycles. The first-order chi connectivity index (χ1) is 14.7. The minimum absolute atomic E-state index is 1.04. The number of benzene rings is 4. The SMILES string of the molecule is Cc1ccc(-c2ccc3c(c2)Cc2c-3sc3cc(-c4ccc(C)cc4)ccc23)cc1. The first kappa shape index (κ1) is 17.7. The van der Waals surface area contributed by atoms with Crippen molar-refractivity contribution in [3.8, 4) is 32.7 Å². The Labute approximate surface area is 181 Å². The summed E-state index contributed by atoms with van der Waals surface area (Å²) < 4.78 is 1.39. The van der Waals surface area contributed by atoms with Gasteiger partial charge in [-0.25, -0.2) is 0 Å². The molecule has 0 spiro atoms. The van der Waals surface area contributed by atoms with Crippen molar-refractivity contribution in [3.05, 3.63) is 107 Å². The Bertz CT molecular complexity index is 1400. The molecule has 5 aromatic rings. The summed E-state index contributed by atoms with van der Waals surface area (Å²) in [6.45, 7) is 4.28. The molecule has 0 fully saturated rings. The Hall–Kier alpha value is -3.16. The van der Waals surface area contributed by atoms with E-state index in [1.165, 1.54) is 65.0 Å². The van der Waals surface area contributed by atoms with Gasteiger partial charge in [0.2, 0.25) is 0 Å². The summed E-state index contributed by atoms with van der Waals surface area (Å²) in [5, 5.41) is 1.42.